The summed E-state index contributed by atoms with van der Waals surface area (Å²) >= 11 is 0. The fourth-order valence-electron chi connectivity index (χ4n) is 3.24. The zero-order valence-electron chi connectivity index (χ0n) is 15.8. The van der Waals surface area contributed by atoms with Gasteiger partial charge >= 0.3 is 0 Å². The summed E-state index contributed by atoms with van der Waals surface area (Å²) in [5.74, 6) is 1.12. The van der Waals surface area contributed by atoms with Crippen molar-refractivity contribution >= 4 is 23.3 Å². The van der Waals surface area contributed by atoms with Crippen LogP contribution in [0, 0.1) is 0 Å². The highest BCUT2D eigenvalue weighted by molar-refractivity contribution is 5.93. The molecule has 2 aromatic rings. The Hall–Kier alpha value is -2.89. The minimum absolute atomic E-state index is 0.0361. The summed E-state index contributed by atoms with van der Waals surface area (Å²) in [4.78, 5) is 34.8. The molecule has 1 aromatic carbocycles. The minimum Gasteiger partial charge on any atom is -0.353 e. The lowest BCUT2D eigenvalue weighted by Gasteiger charge is -2.35. The Kier molecular flexibility index (Phi) is 6.41. The first-order valence-corrected chi connectivity index (χ1v) is 9.40. The molecule has 1 saturated heterocycles. The quantitative estimate of drug-likeness (QED) is 0.788. The maximum Gasteiger partial charge on any atom is 0.226 e. The number of piperazine rings is 1. The van der Waals surface area contributed by atoms with Gasteiger partial charge in [-0.3, -0.25) is 9.59 Å². The molecule has 0 atom stereocenters. The van der Waals surface area contributed by atoms with Crippen molar-refractivity contribution in [1.82, 2.24) is 9.88 Å². The summed E-state index contributed by atoms with van der Waals surface area (Å²) in [5.41, 5.74) is 0.875. The van der Waals surface area contributed by atoms with Gasteiger partial charge in [-0.05, 0) is 30.7 Å². The van der Waals surface area contributed by atoms with E-state index >= 15 is 0 Å². The molecule has 2 amide bonds. The van der Waals surface area contributed by atoms with Crippen LogP contribution in [-0.2, 0) is 9.59 Å². The average molecular weight is 366 g/mol. The zero-order chi connectivity index (χ0) is 19.1. The van der Waals surface area contributed by atoms with Crippen molar-refractivity contribution < 1.29 is 9.59 Å². The lowest BCUT2D eigenvalue weighted by atomic mass is 10.2. The van der Waals surface area contributed by atoms with Gasteiger partial charge in [-0.15, -0.1) is 0 Å². The van der Waals surface area contributed by atoms with Gasteiger partial charge in [0.1, 0.15) is 5.82 Å². The van der Waals surface area contributed by atoms with Crippen LogP contribution in [0.4, 0.5) is 11.5 Å². The van der Waals surface area contributed by atoms with E-state index in [1.807, 2.05) is 53.4 Å². The molecule has 1 aromatic heterocycles. The first kappa shape index (κ1) is 18.9. The average Bonchev–Trinajstić information content (AvgIpc) is 2.74. The summed E-state index contributed by atoms with van der Waals surface area (Å²) in [6.07, 6.45) is 3.16. The van der Waals surface area contributed by atoms with Crippen LogP contribution in [0.5, 0.6) is 0 Å². The van der Waals surface area contributed by atoms with Crippen LogP contribution in [0.15, 0.2) is 54.7 Å². The van der Waals surface area contributed by atoms with E-state index in [1.165, 1.54) is 0 Å². The molecule has 3 rings (SSSR count). The fourth-order valence-corrected chi connectivity index (χ4v) is 3.24. The first-order chi connectivity index (χ1) is 13.1. The number of carbonyl (C=O) groups excluding carboxylic acids is 2. The number of hydrogen-bond acceptors (Lipinski definition) is 4. The topological polar surface area (TPSA) is 56.8 Å². The van der Waals surface area contributed by atoms with Gasteiger partial charge in [0.25, 0.3) is 0 Å². The Morgan fingerprint density at radius 3 is 2.33 bits per heavy atom. The lowest BCUT2D eigenvalue weighted by Crippen LogP contribution is -2.49. The molecule has 0 radical (unpaired) electrons. The zero-order valence-corrected chi connectivity index (χ0v) is 15.8. The van der Waals surface area contributed by atoms with Gasteiger partial charge in [0.2, 0.25) is 11.8 Å². The Balaban J connectivity index is 1.39. The fraction of sp³-hybridized carbons (Fsp3) is 0.381. The van der Waals surface area contributed by atoms with Crippen LogP contribution in [-0.4, -0.2) is 54.9 Å². The van der Waals surface area contributed by atoms with Crippen molar-refractivity contribution in [2.24, 2.45) is 0 Å². The SMILES string of the molecule is CN(C(=O)CCCC(=O)N1CCN(c2ccccn2)CC1)c1ccccc1. The van der Waals surface area contributed by atoms with Gasteiger partial charge in [-0.1, -0.05) is 24.3 Å². The molecule has 142 valence electrons. The van der Waals surface area contributed by atoms with E-state index in [0.29, 0.717) is 32.4 Å². The second-order valence-corrected chi connectivity index (χ2v) is 6.70. The molecule has 2 heterocycles. The van der Waals surface area contributed by atoms with Crippen LogP contribution in [0.1, 0.15) is 19.3 Å². The smallest absolute Gasteiger partial charge is 0.226 e. The Labute approximate surface area is 160 Å². The number of para-hydroxylation sites is 1. The van der Waals surface area contributed by atoms with E-state index in [9.17, 15) is 9.59 Å². The molecule has 6 nitrogen and oxygen atoms in total. The molecular weight excluding hydrogens is 340 g/mol. The molecule has 0 spiro atoms. The van der Waals surface area contributed by atoms with Crippen LogP contribution in [0.3, 0.4) is 0 Å². The highest BCUT2D eigenvalue weighted by atomic mass is 16.2. The van der Waals surface area contributed by atoms with E-state index in [0.717, 1.165) is 24.6 Å². The summed E-state index contributed by atoms with van der Waals surface area (Å²) in [6, 6.07) is 15.4. The number of pyridine rings is 1. The van der Waals surface area contributed by atoms with Crippen molar-refractivity contribution in [2.75, 3.05) is 43.0 Å². The summed E-state index contributed by atoms with van der Waals surface area (Å²) in [5, 5.41) is 0. The summed E-state index contributed by atoms with van der Waals surface area (Å²) < 4.78 is 0. The summed E-state index contributed by atoms with van der Waals surface area (Å²) in [6.45, 7) is 2.98. The van der Waals surface area contributed by atoms with E-state index in [2.05, 4.69) is 9.88 Å². The third-order valence-electron chi connectivity index (χ3n) is 4.90. The first-order valence-electron chi connectivity index (χ1n) is 9.40. The molecule has 0 N–H and O–H groups in total. The number of nitrogens with zero attached hydrogens (tertiary/aromatic N) is 4. The second kappa shape index (κ2) is 9.16. The standard InChI is InChI=1S/C21H26N4O2/c1-23(18-8-3-2-4-9-18)20(26)11-7-12-21(27)25-16-14-24(15-17-25)19-10-5-6-13-22-19/h2-6,8-10,13H,7,11-12,14-17H2,1H3. The van der Waals surface area contributed by atoms with Crippen molar-refractivity contribution in [1.29, 1.82) is 0 Å². The minimum atomic E-state index is 0.0361. The maximum atomic E-state index is 12.4. The maximum absolute atomic E-state index is 12.4. The molecule has 6 heteroatoms. The molecule has 0 saturated carbocycles. The summed E-state index contributed by atoms with van der Waals surface area (Å²) in [7, 11) is 1.77. The van der Waals surface area contributed by atoms with Gasteiger partial charge in [0, 0.05) is 58.0 Å². The second-order valence-electron chi connectivity index (χ2n) is 6.70. The van der Waals surface area contributed by atoms with Crippen molar-refractivity contribution in [3.63, 3.8) is 0 Å². The van der Waals surface area contributed by atoms with Crippen molar-refractivity contribution in [2.45, 2.75) is 19.3 Å². The highest BCUT2D eigenvalue weighted by Crippen LogP contribution is 2.15. The van der Waals surface area contributed by atoms with Gasteiger partial charge in [0.15, 0.2) is 0 Å². The molecular formula is C21H26N4O2. The number of anilines is 2. The molecule has 1 aliphatic rings. The molecule has 0 unspecified atom stereocenters. The third kappa shape index (κ3) is 5.06. The number of aromatic nitrogens is 1. The lowest BCUT2D eigenvalue weighted by molar-refractivity contribution is -0.131. The number of hydrogen-bond donors (Lipinski definition) is 0. The number of rotatable bonds is 6. The molecule has 1 aliphatic heterocycles. The van der Waals surface area contributed by atoms with Crippen LogP contribution in [0.2, 0.25) is 0 Å². The molecule has 27 heavy (non-hydrogen) atoms. The predicted octanol–water partition coefficient (Wildman–Crippen LogP) is 2.56. The van der Waals surface area contributed by atoms with Gasteiger partial charge in [0.05, 0.1) is 0 Å². The third-order valence-corrected chi connectivity index (χ3v) is 4.90. The molecule has 0 bridgehead atoms. The van der Waals surface area contributed by atoms with E-state index in [-0.39, 0.29) is 11.8 Å². The molecule has 1 fully saturated rings. The monoisotopic (exact) mass is 366 g/mol. The molecule has 0 aliphatic carbocycles. The Bertz CT molecular complexity index is 743. The predicted molar refractivity (Wildman–Crippen MR) is 107 cm³/mol. The van der Waals surface area contributed by atoms with Crippen LogP contribution < -0.4 is 9.80 Å². The number of amides is 2. The van der Waals surface area contributed by atoms with E-state index in [4.69, 9.17) is 0 Å². The number of carbonyl (C=O) groups is 2. The van der Waals surface area contributed by atoms with Crippen LogP contribution in [0.25, 0.3) is 0 Å². The van der Waals surface area contributed by atoms with Crippen LogP contribution >= 0.6 is 0 Å². The van der Waals surface area contributed by atoms with Gasteiger partial charge in [-0.2, -0.15) is 0 Å². The van der Waals surface area contributed by atoms with Gasteiger partial charge < -0.3 is 14.7 Å². The number of benzene rings is 1. The van der Waals surface area contributed by atoms with Crippen molar-refractivity contribution in [3.8, 4) is 0 Å². The van der Waals surface area contributed by atoms with Gasteiger partial charge in [-0.25, -0.2) is 4.98 Å². The normalized spacial score (nSPS) is 14.1. The Morgan fingerprint density at radius 2 is 1.67 bits per heavy atom. The van der Waals surface area contributed by atoms with E-state index < -0.39 is 0 Å². The largest absolute Gasteiger partial charge is 0.353 e. The van der Waals surface area contributed by atoms with E-state index in [1.54, 1.807) is 18.1 Å². The highest BCUT2D eigenvalue weighted by Gasteiger charge is 2.21. The van der Waals surface area contributed by atoms with Crippen molar-refractivity contribution in [3.05, 3.63) is 54.7 Å². The Morgan fingerprint density at radius 1 is 0.963 bits per heavy atom.